The number of anilines is 1. The first kappa shape index (κ1) is 17.3. The minimum atomic E-state index is -0.785. The van der Waals surface area contributed by atoms with Crippen LogP contribution < -0.4 is 19.5 Å². The molecule has 0 radical (unpaired) electrons. The van der Waals surface area contributed by atoms with Gasteiger partial charge in [-0.2, -0.15) is 0 Å². The van der Waals surface area contributed by atoms with E-state index in [1.54, 1.807) is 50.4 Å². The number of rotatable bonds is 7. The molecule has 0 spiro atoms. The molecule has 6 nitrogen and oxygen atoms in total. The van der Waals surface area contributed by atoms with E-state index >= 15 is 0 Å². The molecule has 6 heteroatoms. The van der Waals surface area contributed by atoms with Crippen LogP contribution in [0.2, 0.25) is 0 Å². The molecule has 0 aliphatic carbocycles. The molecule has 1 N–H and O–H groups in total. The highest BCUT2D eigenvalue weighted by Crippen LogP contribution is 2.28. The first-order chi connectivity index (χ1) is 11.6. The van der Waals surface area contributed by atoms with E-state index < -0.39 is 6.10 Å². The summed E-state index contributed by atoms with van der Waals surface area (Å²) in [5, 5.41) is 2.75. The van der Waals surface area contributed by atoms with Crippen LogP contribution in [0, 0.1) is 0 Å². The number of nitrogens with one attached hydrogen (secondary N) is 1. The first-order valence-electron chi connectivity index (χ1n) is 7.32. The van der Waals surface area contributed by atoms with Gasteiger partial charge in [0.15, 0.2) is 17.6 Å². The summed E-state index contributed by atoms with van der Waals surface area (Å²) in [5.41, 5.74) is 1.04. The van der Waals surface area contributed by atoms with Crippen LogP contribution in [0.1, 0.15) is 17.3 Å². The number of hydrogen-bond donors (Lipinski definition) is 1. The Kier molecular flexibility index (Phi) is 5.78. The lowest BCUT2D eigenvalue weighted by Gasteiger charge is -2.17. The molecule has 126 valence electrons. The number of ether oxygens (including phenoxy) is 3. The molecule has 0 heterocycles. The van der Waals surface area contributed by atoms with E-state index in [-0.39, 0.29) is 5.91 Å². The average molecular weight is 329 g/mol. The number of carbonyl (C=O) groups excluding carboxylic acids is 2. The SMILES string of the molecule is COc1cccc(NC(=O)C(C)Oc2cc(C=O)ccc2OC)c1. The zero-order valence-electron chi connectivity index (χ0n) is 13.7. The van der Waals surface area contributed by atoms with Crippen molar-refractivity contribution in [2.24, 2.45) is 0 Å². The van der Waals surface area contributed by atoms with Crippen LogP contribution in [0.3, 0.4) is 0 Å². The highest BCUT2D eigenvalue weighted by Gasteiger charge is 2.17. The third-order valence-corrected chi connectivity index (χ3v) is 3.33. The molecule has 0 aliphatic rings. The second-order valence-corrected chi connectivity index (χ2v) is 5.01. The molecule has 2 aromatic carbocycles. The van der Waals surface area contributed by atoms with Crippen LogP contribution >= 0.6 is 0 Å². The predicted octanol–water partition coefficient (Wildman–Crippen LogP) is 2.92. The number of hydrogen-bond acceptors (Lipinski definition) is 5. The zero-order valence-corrected chi connectivity index (χ0v) is 13.7. The maximum Gasteiger partial charge on any atom is 0.265 e. The van der Waals surface area contributed by atoms with Crippen LogP contribution in [0.4, 0.5) is 5.69 Å². The largest absolute Gasteiger partial charge is 0.497 e. The van der Waals surface area contributed by atoms with Crippen molar-refractivity contribution in [1.82, 2.24) is 0 Å². The lowest BCUT2D eigenvalue weighted by Crippen LogP contribution is -2.30. The Labute approximate surface area is 140 Å². The van der Waals surface area contributed by atoms with Crippen LogP contribution in [0.15, 0.2) is 42.5 Å². The summed E-state index contributed by atoms with van der Waals surface area (Å²) < 4.78 is 15.9. The Morgan fingerprint density at radius 3 is 2.54 bits per heavy atom. The Hall–Kier alpha value is -3.02. The van der Waals surface area contributed by atoms with Crippen LogP contribution in [-0.4, -0.2) is 32.5 Å². The number of methoxy groups -OCH3 is 2. The minimum absolute atomic E-state index is 0.329. The van der Waals surface area contributed by atoms with E-state index in [0.29, 0.717) is 34.8 Å². The topological polar surface area (TPSA) is 73.9 Å². The highest BCUT2D eigenvalue weighted by atomic mass is 16.5. The molecule has 0 saturated heterocycles. The second kappa shape index (κ2) is 8.01. The molecule has 24 heavy (non-hydrogen) atoms. The lowest BCUT2D eigenvalue weighted by atomic mass is 10.2. The molecule has 1 atom stereocenters. The van der Waals surface area contributed by atoms with Gasteiger partial charge < -0.3 is 19.5 Å². The van der Waals surface area contributed by atoms with Gasteiger partial charge in [0.1, 0.15) is 12.0 Å². The molecule has 0 bridgehead atoms. The van der Waals surface area contributed by atoms with E-state index in [0.717, 1.165) is 0 Å². The van der Waals surface area contributed by atoms with Gasteiger partial charge in [0.05, 0.1) is 14.2 Å². The normalized spacial score (nSPS) is 11.3. The Morgan fingerprint density at radius 2 is 1.88 bits per heavy atom. The monoisotopic (exact) mass is 329 g/mol. The number of aldehydes is 1. The maximum absolute atomic E-state index is 12.3. The van der Waals surface area contributed by atoms with E-state index in [1.165, 1.54) is 13.2 Å². The number of benzene rings is 2. The molecule has 0 fully saturated rings. The van der Waals surface area contributed by atoms with Gasteiger partial charge >= 0.3 is 0 Å². The summed E-state index contributed by atoms with van der Waals surface area (Å²) in [5.74, 6) is 1.08. The Bertz CT molecular complexity index is 729. The lowest BCUT2D eigenvalue weighted by molar-refractivity contribution is -0.122. The van der Waals surface area contributed by atoms with Crippen molar-refractivity contribution in [1.29, 1.82) is 0 Å². The molecule has 0 aromatic heterocycles. The van der Waals surface area contributed by atoms with Gasteiger partial charge in [0.2, 0.25) is 0 Å². The maximum atomic E-state index is 12.3. The van der Waals surface area contributed by atoms with Crippen molar-refractivity contribution in [2.45, 2.75) is 13.0 Å². The summed E-state index contributed by atoms with van der Waals surface area (Å²) in [6.45, 7) is 1.61. The van der Waals surface area contributed by atoms with Gasteiger partial charge in [0.25, 0.3) is 5.91 Å². The molecule has 0 saturated carbocycles. The Morgan fingerprint density at radius 1 is 1.08 bits per heavy atom. The van der Waals surface area contributed by atoms with Crippen molar-refractivity contribution < 1.29 is 23.8 Å². The number of carbonyl (C=O) groups is 2. The molecule has 1 unspecified atom stereocenters. The fourth-order valence-electron chi connectivity index (χ4n) is 2.05. The van der Waals surface area contributed by atoms with Gasteiger partial charge in [-0.15, -0.1) is 0 Å². The fraction of sp³-hybridized carbons (Fsp3) is 0.222. The van der Waals surface area contributed by atoms with Crippen molar-refractivity contribution >= 4 is 17.9 Å². The van der Waals surface area contributed by atoms with Crippen LogP contribution in [0.25, 0.3) is 0 Å². The van der Waals surface area contributed by atoms with Crippen molar-refractivity contribution in [3.63, 3.8) is 0 Å². The van der Waals surface area contributed by atoms with Gasteiger partial charge in [0, 0.05) is 17.3 Å². The van der Waals surface area contributed by atoms with E-state index in [1.807, 2.05) is 0 Å². The molecule has 1 amide bonds. The molecular formula is C18H19NO5. The summed E-state index contributed by atoms with van der Waals surface area (Å²) in [7, 11) is 3.04. The molecule has 2 rings (SSSR count). The minimum Gasteiger partial charge on any atom is -0.497 e. The average Bonchev–Trinajstić information content (AvgIpc) is 2.61. The van der Waals surface area contributed by atoms with Gasteiger partial charge in [-0.05, 0) is 37.3 Å². The van der Waals surface area contributed by atoms with Crippen molar-refractivity contribution in [2.75, 3.05) is 19.5 Å². The van der Waals surface area contributed by atoms with E-state index in [4.69, 9.17) is 14.2 Å². The summed E-state index contributed by atoms with van der Waals surface area (Å²) >= 11 is 0. The zero-order chi connectivity index (χ0) is 17.5. The highest BCUT2D eigenvalue weighted by molar-refractivity contribution is 5.94. The second-order valence-electron chi connectivity index (χ2n) is 5.01. The van der Waals surface area contributed by atoms with Crippen molar-refractivity contribution in [3.8, 4) is 17.2 Å². The summed E-state index contributed by atoms with van der Waals surface area (Å²) in [4.78, 5) is 23.2. The van der Waals surface area contributed by atoms with Gasteiger partial charge in [-0.3, -0.25) is 9.59 Å². The van der Waals surface area contributed by atoms with Gasteiger partial charge in [-0.25, -0.2) is 0 Å². The molecule has 0 aliphatic heterocycles. The summed E-state index contributed by atoms with van der Waals surface area (Å²) in [6, 6.07) is 11.8. The summed E-state index contributed by atoms with van der Waals surface area (Å²) in [6.07, 6.45) is -0.0835. The molecule has 2 aromatic rings. The quantitative estimate of drug-likeness (QED) is 0.791. The third-order valence-electron chi connectivity index (χ3n) is 3.33. The number of amides is 1. The van der Waals surface area contributed by atoms with E-state index in [2.05, 4.69) is 5.32 Å². The van der Waals surface area contributed by atoms with Gasteiger partial charge in [-0.1, -0.05) is 6.07 Å². The third kappa shape index (κ3) is 4.25. The standard InChI is InChI=1S/C18H19NO5/c1-12(18(21)19-14-5-4-6-15(10-14)22-2)24-17-9-13(11-20)7-8-16(17)23-3/h4-12H,1-3H3,(H,19,21). The first-order valence-corrected chi connectivity index (χ1v) is 7.32. The van der Waals surface area contributed by atoms with Crippen molar-refractivity contribution in [3.05, 3.63) is 48.0 Å². The smallest absolute Gasteiger partial charge is 0.265 e. The van der Waals surface area contributed by atoms with Crippen LogP contribution in [-0.2, 0) is 4.79 Å². The van der Waals surface area contributed by atoms with Crippen LogP contribution in [0.5, 0.6) is 17.2 Å². The predicted molar refractivity (Wildman–Crippen MR) is 90.1 cm³/mol. The Balaban J connectivity index is 2.09. The molecular weight excluding hydrogens is 310 g/mol. The van der Waals surface area contributed by atoms with E-state index in [9.17, 15) is 9.59 Å². The fourth-order valence-corrected chi connectivity index (χ4v) is 2.05.